The van der Waals surface area contributed by atoms with E-state index in [4.69, 9.17) is 0 Å². The normalized spacial score (nSPS) is 11.9. The van der Waals surface area contributed by atoms with E-state index in [0.29, 0.717) is 0 Å². The summed E-state index contributed by atoms with van der Waals surface area (Å²) in [4.78, 5) is 12.1. The number of carbonyl (C=O) groups excluding carboxylic acids is 1. The quantitative estimate of drug-likeness (QED) is 0.603. The van der Waals surface area contributed by atoms with Gasteiger partial charge in [-0.1, -0.05) is 30.9 Å². The van der Waals surface area contributed by atoms with Crippen LogP contribution in [0.4, 0.5) is 5.69 Å². The summed E-state index contributed by atoms with van der Waals surface area (Å²) in [5, 5.41) is 2.76. The molecule has 0 unspecified atom stereocenters. The molecule has 0 radical (unpaired) electrons. The molecule has 1 amide bonds. The first-order valence-electron chi connectivity index (χ1n) is 6.76. The van der Waals surface area contributed by atoms with Gasteiger partial charge in [-0.05, 0) is 55.8 Å². The fourth-order valence-electron chi connectivity index (χ4n) is 1.68. The molecule has 0 spiro atoms. The Kier molecular flexibility index (Phi) is 7.58. The Bertz CT molecular complexity index is 532. The van der Waals surface area contributed by atoms with Gasteiger partial charge in [0, 0.05) is 24.1 Å². The number of hydrogen-bond donors (Lipinski definition) is 1. The third kappa shape index (κ3) is 6.97. The van der Waals surface area contributed by atoms with Gasteiger partial charge in [0.2, 0.25) is 5.91 Å². The van der Waals surface area contributed by atoms with Crippen molar-refractivity contribution in [3.8, 4) is 0 Å². The van der Waals surface area contributed by atoms with Crippen molar-refractivity contribution in [1.29, 1.82) is 0 Å². The summed E-state index contributed by atoms with van der Waals surface area (Å²) < 4.78 is 2.14. The first-order chi connectivity index (χ1) is 10.0. The summed E-state index contributed by atoms with van der Waals surface area (Å²) in [6.45, 7) is 8.14. The second-order valence-electron chi connectivity index (χ2n) is 4.55. The molecular formula is C17H22N2OS. The van der Waals surface area contributed by atoms with E-state index in [2.05, 4.69) is 22.3 Å². The Morgan fingerprint density at radius 1 is 1.38 bits per heavy atom. The molecule has 1 aromatic carbocycles. The molecule has 0 aliphatic heterocycles. The van der Waals surface area contributed by atoms with Crippen molar-refractivity contribution < 1.29 is 4.79 Å². The molecule has 0 heterocycles. The lowest BCUT2D eigenvalue weighted by atomic mass is 10.2. The van der Waals surface area contributed by atoms with Crippen LogP contribution in [0.1, 0.15) is 13.8 Å². The van der Waals surface area contributed by atoms with Crippen molar-refractivity contribution in [2.45, 2.75) is 18.7 Å². The van der Waals surface area contributed by atoms with E-state index in [1.54, 1.807) is 11.9 Å². The van der Waals surface area contributed by atoms with Gasteiger partial charge in [0.15, 0.2) is 0 Å². The molecule has 21 heavy (non-hydrogen) atoms. The Hall–Kier alpha value is -1.78. The fourth-order valence-corrected chi connectivity index (χ4v) is 2.51. The van der Waals surface area contributed by atoms with E-state index >= 15 is 0 Å². The second kappa shape index (κ2) is 9.21. The first-order valence-corrected chi connectivity index (χ1v) is 7.53. The molecule has 4 heteroatoms. The Morgan fingerprint density at radius 3 is 2.57 bits per heavy atom. The molecule has 0 aliphatic carbocycles. The van der Waals surface area contributed by atoms with Crippen LogP contribution < -0.4 is 5.32 Å². The average molecular weight is 302 g/mol. The number of anilines is 1. The smallest absolute Gasteiger partial charge is 0.221 e. The summed E-state index contributed by atoms with van der Waals surface area (Å²) in [5.41, 5.74) is 1.98. The van der Waals surface area contributed by atoms with Crippen molar-refractivity contribution in [1.82, 2.24) is 4.31 Å². The molecule has 1 rings (SSSR count). The van der Waals surface area contributed by atoms with Crippen LogP contribution in [0.3, 0.4) is 0 Å². The van der Waals surface area contributed by atoms with Crippen LogP contribution in [0, 0.1) is 0 Å². The van der Waals surface area contributed by atoms with Crippen molar-refractivity contribution in [3.05, 3.63) is 60.7 Å². The van der Waals surface area contributed by atoms with E-state index in [0.717, 1.165) is 22.7 Å². The van der Waals surface area contributed by atoms with Gasteiger partial charge in [-0.15, -0.1) is 0 Å². The number of nitrogens with zero attached hydrogens (tertiary/aromatic N) is 1. The average Bonchev–Trinajstić information content (AvgIpc) is 2.45. The fraction of sp³-hybridized carbons (Fsp3) is 0.235. The molecular weight excluding hydrogens is 280 g/mol. The molecule has 1 aromatic rings. The van der Waals surface area contributed by atoms with Crippen molar-refractivity contribution in [2.75, 3.05) is 18.9 Å². The predicted molar refractivity (Wildman–Crippen MR) is 92.3 cm³/mol. The van der Waals surface area contributed by atoms with Crippen molar-refractivity contribution in [3.63, 3.8) is 0 Å². The summed E-state index contributed by atoms with van der Waals surface area (Å²) >= 11 is 1.66. The van der Waals surface area contributed by atoms with Crippen molar-refractivity contribution >= 4 is 23.5 Å². The Labute approximate surface area is 131 Å². The molecule has 0 fully saturated rings. The number of carbonyl (C=O) groups is 1. The van der Waals surface area contributed by atoms with Gasteiger partial charge >= 0.3 is 0 Å². The number of allylic oxidation sites excluding steroid dienone is 3. The summed E-state index contributed by atoms with van der Waals surface area (Å²) in [6, 6.07) is 7.80. The van der Waals surface area contributed by atoms with Crippen LogP contribution in [0.25, 0.3) is 0 Å². The van der Waals surface area contributed by atoms with Crippen LogP contribution in [0.2, 0.25) is 0 Å². The zero-order chi connectivity index (χ0) is 15.7. The highest BCUT2D eigenvalue weighted by atomic mass is 32.2. The van der Waals surface area contributed by atoms with Crippen LogP contribution in [-0.4, -0.2) is 23.8 Å². The minimum Gasteiger partial charge on any atom is -0.326 e. The highest BCUT2D eigenvalue weighted by molar-refractivity contribution is 7.97. The SMILES string of the molecule is C=C/C(=C\C=C/C)CN(C)Sc1ccc(NC(C)=O)cc1. The summed E-state index contributed by atoms with van der Waals surface area (Å²) in [5.74, 6) is -0.0581. The monoisotopic (exact) mass is 302 g/mol. The van der Waals surface area contributed by atoms with Gasteiger partial charge < -0.3 is 5.32 Å². The number of nitrogens with one attached hydrogen (secondary N) is 1. The maximum absolute atomic E-state index is 11.0. The minimum absolute atomic E-state index is 0.0581. The van der Waals surface area contributed by atoms with Crippen LogP contribution in [0.15, 0.2) is 65.6 Å². The van der Waals surface area contributed by atoms with Gasteiger partial charge in [0.05, 0.1) is 0 Å². The van der Waals surface area contributed by atoms with Crippen molar-refractivity contribution in [2.24, 2.45) is 0 Å². The van der Waals surface area contributed by atoms with Gasteiger partial charge in [-0.3, -0.25) is 4.79 Å². The van der Waals surface area contributed by atoms with E-state index in [9.17, 15) is 4.79 Å². The maximum atomic E-state index is 11.0. The highest BCUT2D eigenvalue weighted by Gasteiger charge is 2.03. The molecule has 3 nitrogen and oxygen atoms in total. The number of rotatable bonds is 7. The molecule has 0 aliphatic rings. The summed E-state index contributed by atoms with van der Waals surface area (Å²) in [6.07, 6.45) is 7.94. The van der Waals surface area contributed by atoms with E-state index < -0.39 is 0 Å². The lowest BCUT2D eigenvalue weighted by molar-refractivity contribution is -0.114. The lowest BCUT2D eigenvalue weighted by Gasteiger charge is -2.16. The molecule has 1 N–H and O–H groups in total. The maximum Gasteiger partial charge on any atom is 0.221 e. The number of benzene rings is 1. The number of likely N-dealkylation sites (N-methyl/N-ethyl adjacent to an activating group) is 1. The minimum atomic E-state index is -0.0581. The third-order valence-electron chi connectivity index (χ3n) is 2.61. The largest absolute Gasteiger partial charge is 0.326 e. The topological polar surface area (TPSA) is 32.3 Å². The highest BCUT2D eigenvalue weighted by Crippen LogP contribution is 2.23. The standard InChI is InChI=1S/C17H22N2OS/c1-5-7-8-15(6-2)13-19(4)21-17-11-9-16(10-12-17)18-14(3)20/h5-12H,2,13H2,1,3-4H3,(H,18,20)/b7-5-,15-8+. The first kappa shape index (κ1) is 17.3. The van der Waals surface area contributed by atoms with E-state index in [1.165, 1.54) is 6.92 Å². The van der Waals surface area contributed by atoms with Gasteiger partial charge in [-0.2, -0.15) is 0 Å². The predicted octanol–water partition coefficient (Wildman–Crippen LogP) is 4.27. The van der Waals surface area contributed by atoms with Gasteiger partial charge in [0.25, 0.3) is 0 Å². The summed E-state index contributed by atoms with van der Waals surface area (Å²) in [7, 11) is 2.04. The van der Waals surface area contributed by atoms with E-state index in [-0.39, 0.29) is 5.91 Å². The second-order valence-corrected chi connectivity index (χ2v) is 5.83. The Morgan fingerprint density at radius 2 is 2.05 bits per heavy atom. The van der Waals surface area contributed by atoms with Crippen LogP contribution in [-0.2, 0) is 4.79 Å². The number of amides is 1. The third-order valence-corrected chi connectivity index (χ3v) is 3.53. The lowest BCUT2D eigenvalue weighted by Crippen LogP contribution is -2.12. The zero-order valence-electron chi connectivity index (χ0n) is 12.8. The molecule has 112 valence electrons. The number of hydrogen-bond acceptors (Lipinski definition) is 3. The molecule has 0 bridgehead atoms. The zero-order valence-corrected chi connectivity index (χ0v) is 13.6. The molecule has 0 saturated carbocycles. The molecule has 0 saturated heterocycles. The van der Waals surface area contributed by atoms with E-state index in [1.807, 2.05) is 56.5 Å². The molecule has 0 aromatic heterocycles. The van der Waals surface area contributed by atoms with Crippen LogP contribution >= 0.6 is 11.9 Å². The van der Waals surface area contributed by atoms with Gasteiger partial charge in [-0.25, -0.2) is 4.31 Å². The van der Waals surface area contributed by atoms with Gasteiger partial charge in [0.1, 0.15) is 0 Å². The Balaban J connectivity index is 2.59. The van der Waals surface area contributed by atoms with Crippen LogP contribution in [0.5, 0.6) is 0 Å². The molecule has 0 atom stereocenters.